The lowest BCUT2D eigenvalue weighted by Crippen LogP contribution is -2.39. The van der Waals surface area contributed by atoms with Gasteiger partial charge in [0.25, 0.3) is 0 Å². The number of alkyl halides is 2. The van der Waals surface area contributed by atoms with Crippen LogP contribution in [0.15, 0.2) is 0 Å². The first-order valence-electron chi connectivity index (χ1n) is 9.61. The van der Waals surface area contributed by atoms with Crippen LogP contribution in [0, 0.1) is 5.41 Å². The first-order chi connectivity index (χ1) is 12.9. The molecule has 0 heterocycles. The van der Waals surface area contributed by atoms with Crippen molar-refractivity contribution in [2.24, 2.45) is 5.41 Å². The predicted octanol–water partition coefficient (Wildman–Crippen LogP) is 4.11. The van der Waals surface area contributed by atoms with E-state index in [1.54, 1.807) is 0 Å². The fraction of sp³-hybridized carbons (Fsp3) is 0.889. The number of ether oxygens (including phenoxy) is 2. The SMILES string of the molecule is CCCC(C)(CC)C(=O)OCCCCCCCCOC(=O)C(F)(F)S(=O)(=O)O. The van der Waals surface area contributed by atoms with E-state index in [-0.39, 0.29) is 12.6 Å². The maximum absolute atomic E-state index is 12.9. The molecule has 0 aliphatic heterocycles. The highest BCUT2D eigenvalue weighted by molar-refractivity contribution is 7.87. The van der Waals surface area contributed by atoms with Crippen LogP contribution in [-0.2, 0) is 29.2 Å². The van der Waals surface area contributed by atoms with Crippen LogP contribution >= 0.6 is 0 Å². The number of carbonyl (C=O) groups is 2. The lowest BCUT2D eigenvalue weighted by Gasteiger charge is -2.25. The van der Waals surface area contributed by atoms with E-state index in [9.17, 15) is 26.8 Å². The van der Waals surface area contributed by atoms with E-state index in [1.165, 1.54) is 0 Å². The number of unbranched alkanes of at least 4 members (excludes halogenated alkanes) is 5. The van der Waals surface area contributed by atoms with Crippen molar-refractivity contribution in [3.8, 4) is 0 Å². The van der Waals surface area contributed by atoms with Gasteiger partial charge < -0.3 is 9.47 Å². The quantitative estimate of drug-likeness (QED) is 0.237. The third-order valence-electron chi connectivity index (χ3n) is 4.64. The number of rotatable bonds is 15. The molecule has 0 radical (unpaired) electrons. The average molecular weight is 431 g/mol. The molecule has 0 bridgehead atoms. The Morgan fingerprint density at radius 3 is 1.71 bits per heavy atom. The lowest BCUT2D eigenvalue weighted by atomic mass is 9.83. The van der Waals surface area contributed by atoms with Gasteiger partial charge in [0.05, 0.1) is 18.6 Å². The van der Waals surface area contributed by atoms with Crippen molar-refractivity contribution in [3.05, 3.63) is 0 Å². The minimum absolute atomic E-state index is 0.166. The van der Waals surface area contributed by atoms with Gasteiger partial charge in [-0.25, -0.2) is 4.79 Å². The summed E-state index contributed by atoms with van der Waals surface area (Å²) in [4.78, 5) is 23.1. The molecule has 0 spiro atoms. The van der Waals surface area contributed by atoms with E-state index in [0.717, 1.165) is 44.9 Å². The van der Waals surface area contributed by atoms with Crippen molar-refractivity contribution >= 4 is 22.1 Å². The van der Waals surface area contributed by atoms with E-state index >= 15 is 0 Å². The van der Waals surface area contributed by atoms with Gasteiger partial charge in [-0.2, -0.15) is 17.2 Å². The Bertz CT molecular complexity index is 593. The van der Waals surface area contributed by atoms with Crippen LogP contribution < -0.4 is 0 Å². The van der Waals surface area contributed by atoms with Crippen LogP contribution in [0.1, 0.15) is 78.6 Å². The molecule has 0 aromatic heterocycles. The summed E-state index contributed by atoms with van der Waals surface area (Å²) in [5.41, 5.74) is -0.432. The van der Waals surface area contributed by atoms with Crippen LogP contribution in [0.2, 0.25) is 0 Å². The summed E-state index contributed by atoms with van der Waals surface area (Å²) >= 11 is 0. The zero-order chi connectivity index (χ0) is 21.8. The second-order valence-corrected chi connectivity index (χ2v) is 8.51. The molecule has 1 N–H and O–H groups in total. The molecule has 1 atom stereocenters. The molecular formula is C18H32F2O7S. The average Bonchev–Trinajstić information content (AvgIpc) is 2.61. The zero-order valence-corrected chi connectivity index (χ0v) is 17.7. The number of halogens is 2. The van der Waals surface area contributed by atoms with Crippen LogP contribution in [0.25, 0.3) is 0 Å². The summed E-state index contributed by atoms with van der Waals surface area (Å²) in [6.07, 6.45) is 6.53. The smallest absolute Gasteiger partial charge is 0.465 e. The molecule has 10 heteroatoms. The highest BCUT2D eigenvalue weighted by Gasteiger charge is 2.54. The molecular weight excluding hydrogens is 398 g/mol. The summed E-state index contributed by atoms with van der Waals surface area (Å²) in [6.45, 7) is 5.92. The Hall–Kier alpha value is -1.29. The molecule has 0 saturated carbocycles. The van der Waals surface area contributed by atoms with Crippen molar-refractivity contribution in [2.45, 2.75) is 83.8 Å². The molecule has 0 aliphatic carbocycles. The third-order valence-corrected chi connectivity index (χ3v) is 5.46. The molecule has 0 amide bonds. The Morgan fingerprint density at radius 2 is 1.32 bits per heavy atom. The van der Waals surface area contributed by atoms with Crippen molar-refractivity contribution in [1.29, 1.82) is 0 Å². The summed E-state index contributed by atoms with van der Waals surface area (Å²) in [7, 11) is -5.83. The zero-order valence-electron chi connectivity index (χ0n) is 16.8. The Morgan fingerprint density at radius 1 is 0.893 bits per heavy atom. The van der Waals surface area contributed by atoms with Gasteiger partial charge in [-0.05, 0) is 32.6 Å². The van der Waals surface area contributed by atoms with Crippen LogP contribution in [0.4, 0.5) is 8.78 Å². The van der Waals surface area contributed by atoms with Gasteiger partial charge >= 0.3 is 27.3 Å². The van der Waals surface area contributed by atoms with Gasteiger partial charge in [0.1, 0.15) is 0 Å². The van der Waals surface area contributed by atoms with Gasteiger partial charge in [0, 0.05) is 0 Å². The number of esters is 2. The molecule has 28 heavy (non-hydrogen) atoms. The van der Waals surface area contributed by atoms with Crippen LogP contribution in [0.5, 0.6) is 0 Å². The van der Waals surface area contributed by atoms with E-state index < -0.39 is 26.8 Å². The summed E-state index contributed by atoms with van der Waals surface area (Å²) < 4.78 is 64.4. The largest absolute Gasteiger partial charge is 0.465 e. The molecule has 0 fully saturated rings. The summed E-state index contributed by atoms with van der Waals surface area (Å²) in [5, 5.41) is -4.95. The van der Waals surface area contributed by atoms with E-state index in [0.29, 0.717) is 19.4 Å². The van der Waals surface area contributed by atoms with Crippen molar-refractivity contribution in [3.63, 3.8) is 0 Å². The second-order valence-electron chi connectivity index (χ2n) is 7.05. The topological polar surface area (TPSA) is 107 Å². The fourth-order valence-corrected chi connectivity index (χ4v) is 2.85. The van der Waals surface area contributed by atoms with Crippen molar-refractivity contribution < 1.29 is 40.8 Å². The Labute approximate surface area is 165 Å². The number of hydrogen-bond donors (Lipinski definition) is 1. The summed E-state index contributed by atoms with van der Waals surface area (Å²) in [5.74, 6) is -2.45. The van der Waals surface area contributed by atoms with Gasteiger partial charge in [0.2, 0.25) is 0 Å². The summed E-state index contributed by atoms with van der Waals surface area (Å²) in [6, 6.07) is 0. The highest BCUT2D eigenvalue weighted by atomic mass is 32.2. The molecule has 0 saturated heterocycles. The van der Waals surface area contributed by atoms with Crippen molar-refractivity contribution in [1.82, 2.24) is 0 Å². The van der Waals surface area contributed by atoms with Gasteiger partial charge in [-0.1, -0.05) is 46.0 Å². The monoisotopic (exact) mass is 430 g/mol. The maximum atomic E-state index is 12.9. The van der Waals surface area contributed by atoms with Crippen molar-refractivity contribution in [2.75, 3.05) is 13.2 Å². The van der Waals surface area contributed by atoms with Crippen LogP contribution in [0.3, 0.4) is 0 Å². The minimum Gasteiger partial charge on any atom is -0.465 e. The molecule has 166 valence electrons. The molecule has 0 aromatic rings. The third kappa shape index (κ3) is 8.81. The van der Waals surface area contributed by atoms with Gasteiger partial charge in [-0.15, -0.1) is 0 Å². The Balaban J connectivity index is 3.79. The standard InChI is InChI=1S/C18H32F2O7S/c1-4-12-17(3,5-2)15(21)26-13-10-8-6-7-9-11-14-27-16(22)18(19,20)28(23,24)25/h4-14H2,1-3H3,(H,23,24,25). The Kier molecular flexibility index (Phi) is 11.7. The molecule has 0 aliphatic rings. The lowest BCUT2D eigenvalue weighted by molar-refractivity contribution is -0.161. The van der Waals surface area contributed by atoms with E-state index in [4.69, 9.17) is 9.29 Å². The molecule has 0 aromatic carbocycles. The first-order valence-corrected chi connectivity index (χ1v) is 11.1. The first kappa shape index (κ1) is 26.7. The second kappa shape index (κ2) is 12.3. The van der Waals surface area contributed by atoms with Gasteiger partial charge in [0.15, 0.2) is 0 Å². The highest BCUT2D eigenvalue weighted by Crippen LogP contribution is 2.29. The fourth-order valence-electron chi connectivity index (χ4n) is 2.58. The molecule has 0 rings (SSSR count). The van der Waals surface area contributed by atoms with E-state index in [1.807, 2.05) is 20.8 Å². The maximum Gasteiger partial charge on any atom is 0.465 e. The molecule has 7 nitrogen and oxygen atoms in total. The molecule has 1 unspecified atom stereocenters. The number of carbonyl (C=O) groups excluding carboxylic acids is 2. The normalized spacial score (nSPS) is 14.4. The minimum atomic E-state index is -5.83. The van der Waals surface area contributed by atoms with Gasteiger partial charge in [-0.3, -0.25) is 9.35 Å². The number of hydrogen-bond acceptors (Lipinski definition) is 6. The van der Waals surface area contributed by atoms with Crippen LogP contribution in [-0.4, -0.2) is 43.4 Å². The van der Waals surface area contributed by atoms with E-state index in [2.05, 4.69) is 4.74 Å². The predicted molar refractivity (Wildman–Crippen MR) is 99.4 cm³/mol.